The molecule has 0 saturated heterocycles. The van der Waals surface area contributed by atoms with E-state index < -0.39 is 0 Å². The van der Waals surface area contributed by atoms with Crippen molar-refractivity contribution in [2.45, 2.75) is 39.8 Å². The maximum atomic E-state index is 9.18. The molecule has 0 radical (unpaired) electrons. The summed E-state index contributed by atoms with van der Waals surface area (Å²) in [5.41, 5.74) is 0.722. The fourth-order valence-corrected chi connectivity index (χ4v) is 2.01. The van der Waals surface area contributed by atoms with Gasteiger partial charge in [-0.25, -0.2) is 4.98 Å². The van der Waals surface area contributed by atoms with Crippen LogP contribution in [0.2, 0.25) is 5.02 Å². The number of aliphatic hydroxyl groups excluding tert-OH is 1. The largest absolute Gasteiger partial charge is 0.392 e. The molecule has 0 aliphatic heterocycles. The molecule has 0 spiro atoms. The summed E-state index contributed by atoms with van der Waals surface area (Å²) in [7, 11) is 2.02. The quantitative estimate of drug-likeness (QED) is 0.880. The Labute approximate surface area is 108 Å². The Kier molecular flexibility index (Phi) is 5.22. The maximum absolute atomic E-state index is 9.18. The van der Waals surface area contributed by atoms with Crippen molar-refractivity contribution in [3.05, 3.63) is 22.8 Å². The van der Waals surface area contributed by atoms with Gasteiger partial charge in [0.15, 0.2) is 0 Å². The molecule has 17 heavy (non-hydrogen) atoms. The molecule has 4 heteroatoms. The molecule has 0 fully saturated rings. The Balaban J connectivity index is 2.84. The maximum Gasteiger partial charge on any atom is 0.128 e. The zero-order valence-electron chi connectivity index (χ0n) is 10.9. The number of aliphatic hydroxyl groups is 1. The fraction of sp³-hybridized carbons (Fsp3) is 0.615. The molecule has 1 atom stereocenters. The van der Waals surface area contributed by atoms with Crippen LogP contribution in [0.15, 0.2) is 12.3 Å². The van der Waals surface area contributed by atoms with E-state index in [1.165, 1.54) is 0 Å². The van der Waals surface area contributed by atoms with Gasteiger partial charge < -0.3 is 10.0 Å². The van der Waals surface area contributed by atoms with Crippen LogP contribution in [0.4, 0.5) is 5.82 Å². The minimum absolute atomic E-state index is 0.0548. The normalized spacial score (nSPS) is 12.9. The Morgan fingerprint density at radius 2 is 2.06 bits per heavy atom. The molecule has 0 saturated carbocycles. The number of rotatable bonds is 5. The average molecular weight is 257 g/mol. The monoisotopic (exact) mass is 256 g/mol. The summed E-state index contributed by atoms with van der Waals surface area (Å²) in [6.45, 7) is 6.53. The summed E-state index contributed by atoms with van der Waals surface area (Å²) in [5.74, 6) is 1.50. The van der Waals surface area contributed by atoms with E-state index in [1.807, 2.05) is 13.1 Å². The van der Waals surface area contributed by atoms with E-state index >= 15 is 0 Å². The highest BCUT2D eigenvalue weighted by Crippen LogP contribution is 2.22. The third kappa shape index (κ3) is 3.86. The molecule has 1 heterocycles. The highest BCUT2D eigenvalue weighted by molar-refractivity contribution is 6.31. The van der Waals surface area contributed by atoms with Crippen LogP contribution in [0.5, 0.6) is 0 Å². The summed E-state index contributed by atoms with van der Waals surface area (Å²) in [5, 5.41) is 9.69. The van der Waals surface area contributed by atoms with E-state index in [0.717, 1.165) is 17.8 Å². The van der Waals surface area contributed by atoms with Gasteiger partial charge in [-0.05, 0) is 25.3 Å². The Hall–Kier alpha value is -0.800. The standard InChI is InChI=1S/C13H21ClN2O/c1-9(2)5-10(3)16(4)13-6-11(8-17)12(14)7-15-13/h6-7,9-10,17H,5,8H2,1-4H3. The first-order chi connectivity index (χ1) is 7.95. The predicted octanol–water partition coefficient (Wildman–Crippen LogP) is 3.10. The number of aromatic nitrogens is 1. The minimum atomic E-state index is -0.0548. The number of nitrogens with zero attached hydrogens (tertiary/aromatic N) is 2. The van der Waals surface area contributed by atoms with Crippen molar-refractivity contribution in [3.8, 4) is 0 Å². The molecule has 1 aromatic rings. The van der Waals surface area contributed by atoms with Gasteiger partial charge in [0.05, 0.1) is 11.6 Å². The Morgan fingerprint density at radius 1 is 1.41 bits per heavy atom. The molecule has 1 unspecified atom stereocenters. The summed E-state index contributed by atoms with van der Waals surface area (Å²) < 4.78 is 0. The zero-order valence-corrected chi connectivity index (χ0v) is 11.7. The fourth-order valence-electron chi connectivity index (χ4n) is 1.85. The number of halogens is 1. The van der Waals surface area contributed by atoms with Gasteiger partial charge in [-0.1, -0.05) is 25.4 Å². The second-order valence-electron chi connectivity index (χ2n) is 4.88. The Bertz CT molecular complexity index is 368. The van der Waals surface area contributed by atoms with Crippen LogP contribution in [-0.2, 0) is 6.61 Å². The van der Waals surface area contributed by atoms with Crippen molar-refractivity contribution in [3.63, 3.8) is 0 Å². The summed E-state index contributed by atoms with van der Waals surface area (Å²) in [4.78, 5) is 6.42. The van der Waals surface area contributed by atoms with Gasteiger partial charge in [0.2, 0.25) is 0 Å². The van der Waals surface area contributed by atoms with E-state index in [4.69, 9.17) is 11.6 Å². The lowest BCUT2D eigenvalue weighted by molar-refractivity contribution is 0.282. The topological polar surface area (TPSA) is 36.4 Å². The zero-order chi connectivity index (χ0) is 13.0. The van der Waals surface area contributed by atoms with Gasteiger partial charge in [-0.3, -0.25) is 0 Å². The summed E-state index contributed by atoms with van der Waals surface area (Å²) >= 11 is 5.92. The molecule has 0 aliphatic carbocycles. The summed E-state index contributed by atoms with van der Waals surface area (Å²) in [6.07, 6.45) is 2.70. The van der Waals surface area contributed by atoms with Crippen molar-refractivity contribution in [2.75, 3.05) is 11.9 Å². The number of hydrogen-bond acceptors (Lipinski definition) is 3. The highest BCUT2D eigenvalue weighted by atomic mass is 35.5. The number of anilines is 1. The molecular weight excluding hydrogens is 236 g/mol. The van der Waals surface area contributed by atoms with E-state index in [-0.39, 0.29) is 6.61 Å². The SMILES string of the molecule is CC(C)CC(C)N(C)c1cc(CO)c(Cl)cn1. The van der Waals surface area contributed by atoms with Crippen LogP contribution < -0.4 is 4.90 Å². The van der Waals surface area contributed by atoms with Crippen molar-refractivity contribution < 1.29 is 5.11 Å². The van der Waals surface area contributed by atoms with Crippen molar-refractivity contribution in [1.82, 2.24) is 4.98 Å². The van der Waals surface area contributed by atoms with Gasteiger partial charge in [-0.2, -0.15) is 0 Å². The molecule has 1 aromatic heterocycles. The van der Waals surface area contributed by atoms with Crippen molar-refractivity contribution in [2.24, 2.45) is 5.92 Å². The first-order valence-electron chi connectivity index (χ1n) is 5.93. The molecule has 96 valence electrons. The van der Waals surface area contributed by atoms with Crippen molar-refractivity contribution >= 4 is 17.4 Å². The van der Waals surface area contributed by atoms with Crippen LogP contribution in [0.25, 0.3) is 0 Å². The third-order valence-corrected chi connectivity index (χ3v) is 3.27. The van der Waals surface area contributed by atoms with Gasteiger partial charge in [-0.15, -0.1) is 0 Å². The van der Waals surface area contributed by atoms with Gasteiger partial charge in [0.25, 0.3) is 0 Å². The lowest BCUT2D eigenvalue weighted by Crippen LogP contribution is -2.30. The molecule has 1 N–H and O–H groups in total. The highest BCUT2D eigenvalue weighted by Gasteiger charge is 2.14. The first-order valence-corrected chi connectivity index (χ1v) is 6.31. The lowest BCUT2D eigenvalue weighted by atomic mass is 10.0. The molecule has 0 bridgehead atoms. The van der Waals surface area contributed by atoms with Gasteiger partial charge in [0, 0.05) is 24.8 Å². The summed E-state index contributed by atoms with van der Waals surface area (Å²) in [6, 6.07) is 2.26. The van der Waals surface area contributed by atoms with Crippen LogP contribution in [0.1, 0.15) is 32.8 Å². The van der Waals surface area contributed by atoms with Gasteiger partial charge >= 0.3 is 0 Å². The van der Waals surface area contributed by atoms with Crippen LogP contribution in [0, 0.1) is 5.92 Å². The second kappa shape index (κ2) is 6.22. The van der Waals surface area contributed by atoms with Crippen molar-refractivity contribution in [1.29, 1.82) is 0 Å². The van der Waals surface area contributed by atoms with Crippen LogP contribution in [0.3, 0.4) is 0 Å². The molecule has 0 aromatic carbocycles. The number of pyridine rings is 1. The van der Waals surface area contributed by atoms with E-state index in [1.54, 1.807) is 6.20 Å². The predicted molar refractivity (Wildman–Crippen MR) is 72.5 cm³/mol. The lowest BCUT2D eigenvalue weighted by Gasteiger charge is -2.27. The van der Waals surface area contributed by atoms with E-state index in [9.17, 15) is 5.11 Å². The van der Waals surface area contributed by atoms with Gasteiger partial charge in [0.1, 0.15) is 5.82 Å². The third-order valence-electron chi connectivity index (χ3n) is 2.93. The second-order valence-corrected chi connectivity index (χ2v) is 5.29. The van der Waals surface area contributed by atoms with Crippen LogP contribution >= 0.6 is 11.6 Å². The Morgan fingerprint density at radius 3 is 2.59 bits per heavy atom. The molecule has 0 aliphatic rings. The minimum Gasteiger partial charge on any atom is -0.392 e. The average Bonchev–Trinajstić information content (AvgIpc) is 2.27. The molecule has 0 amide bonds. The first kappa shape index (κ1) is 14.3. The number of hydrogen-bond donors (Lipinski definition) is 1. The smallest absolute Gasteiger partial charge is 0.128 e. The molecular formula is C13H21ClN2O. The molecule has 1 rings (SSSR count). The van der Waals surface area contributed by atoms with E-state index in [0.29, 0.717) is 17.0 Å². The molecule has 3 nitrogen and oxygen atoms in total. The van der Waals surface area contributed by atoms with Crippen LogP contribution in [-0.4, -0.2) is 23.2 Å². The van der Waals surface area contributed by atoms with E-state index in [2.05, 4.69) is 30.7 Å².